The molecule has 2 saturated carbocycles. The first kappa shape index (κ1) is 47.8. The fourth-order valence-corrected chi connectivity index (χ4v) is 10.7. The number of allylic oxidation sites excluding steroid dienone is 1. The third-order valence-corrected chi connectivity index (χ3v) is 16.5. The number of alkyl halides is 3. The van der Waals surface area contributed by atoms with Crippen LogP contribution in [0.5, 0.6) is 11.5 Å². The van der Waals surface area contributed by atoms with Gasteiger partial charge < -0.3 is 34.5 Å². The van der Waals surface area contributed by atoms with Crippen LogP contribution in [-0.4, -0.2) is 127 Å². The van der Waals surface area contributed by atoms with Crippen LogP contribution in [0.25, 0.3) is 10.9 Å². The lowest BCUT2D eigenvalue weighted by Gasteiger charge is -2.37. The fraction of sp³-hybridized carbons (Fsp3) is 0.674. The van der Waals surface area contributed by atoms with Crippen molar-refractivity contribution in [3.05, 3.63) is 41.6 Å². The summed E-state index contributed by atoms with van der Waals surface area (Å²) >= 11 is 0. The number of alkyl carbamates (subject to hydrolysis) is 1. The molecule has 4 aliphatic heterocycles. The van der Waals surface area contributed by atoms with E-state index < -0.39 is 91.5 Å². The second-order valence-electron chi connectivity index (χ2n) is 19.5. The summed E-state index contributed by atoms with van der Waals surface area (Å²) in [4.78, 5) is 64.5. The summed E-state index contributed by atoms with van der Waals surface area (Å²) in [5.74, 6) is -3.06. The molecule has 8 rings (SSSR count). The predicted molar refractivity (Wildman–Crippen MR) is 235 cm³/mol. The Hall–Kier alpha value is -4.69. The molecular weight excluding hydrogens is 886 g/mol. The molecule has 1 aromatic heterocycles. The molecule has 1 aromatic carbocycles. The summed E-state index contributed by atoms with van der Waals surface area (Å²) in [7, 11) is -4.11. The maximum Gasteiger partial charge on any atom is 0.437 e. The number of nitrogens with zero attached hydrogens (tertiary/aromatic N) is 3. The monoisotopic (exact) mass is 946 g/mol. The SMILES string of the molecule is CC(C)C(C)OC(=O)NC1CCCCCC=CC2CC2(C(=O)NS(=O)(=O)C2(C)CC2)NC(=O)C2CC3(CCc4c(c(C(F)(F)F)nc5ccc(OCCN6CCOCC6)cc45)O3)CN2C1=O. The third-order valence-electron chi connectivity index (χ3n) is 14.3. The van der Waals surface area contributed by atoms with Gasteiger partial charge in [-0.15, -0.1) is 0 Å². The van der Waals surface area contributed by atoms with Crippen LogP contribution in [0.4, 0.5) is 18.0 Å². The number of ether oxygens (including phenoxy) is 4. The number of hydrogen-bond donors (Lipinski definition) is 3. The lowest BCUT2D eigenvalue weighted by Crippen LogP contribution is -2.58. The van der Waals surface area contributed by atoms with Gasteiger partial charge in [0.25, 0.3) is 5.91 Å². The number of carbonyl (C=O) groups is 4. The second kappa shape index (κ2) is 18.4. The zero-order valence-electron chi connectivity index (χ0n) is 38.0. The summed E-state index contributed by atoms with van der Waals surface area (Å²) in [5, 5.41) is 5.94. The first-order chi connectivity index (χ1) is 31.2. The number of aryl methyl sites for hydroxylation is 1. The van der Waals surface area contributed by atoms with Gasteiger partial charge in [-0.1, -0.05) is 38.8 Å². The molecule has 4 fully saturated rings. The van der Waals surface area contributed by atoms with Crippen LogP contribution in [0.3, 0.4) is 0 Å². The average molecular weight is 947 g/mol. The quantitative estimate of drug-likeness (QED) is 0.265. The van der Waals surface area contributed by atoms with E-state index >= 15 is 13.2 Å². The van der Waals surface area contributed by atoms with Crippen LogP contribution in [0.1, 0.15) is 103 Å². The number of amides is 4. The number of hydrogen-bond acceptors (Lipinski definition) is 12. The van der Waals surface area contributed by atoms with Crippen molar-refractivity contribution in [1.82, 2.24) is 30.1 Å². The third kappa shape index (κ3) is 9.96. The maximum absolute atomic E-state index is 15.0. The highest BCUT2D eigenvalue weighted by Crippen LogP contribution is 2.50. The van der Waals surface area contributed by atoms with Gasteiger partial charge in [-0.25, -0.2) is 18.2 Å². The zero-order valence-corrected chi connectivity index (χ0v) is 38.8. The van der Waals surface area contributed by atoms with E-state index in [0.29, 0.717) is 76.0 Å². The lowest BCUT2D eigenvalue weighted by atomic mass is 9.87. The summed E-state index contributed by atoms with van der Waals surface area (Å²) in [5.41, 5.74) is -4.12. The zero-order chi connectivity index (χ0) is 47.2. The van der Waals surface area contributed by atoms with Gasteiger partial charge in [-0.3, -0.25) is 24.0 Å². The van der Waals surface area contributed by atoms with Gasteiger partial charge in [0.1, 0.15) is 41.7 Å². The topological polar surface area (TPSA) is 195 Å². The summed E-state index contributed by atoms with van der Waals surface area (Å²) in [6.07, 6.45) is 0.724. The molecule has 3 N–H and O–H groups in total. The summed E-state index contributed by atoms with van der Waals surface area (Å²) in [6, 6.07) is 2.13. The molecule has 4 amide bonds. The van der Waals surface area contributed by atoms with E-state index in [1.165, 1.54) is 17.9 Å². The van der Waals surface area contributed by atoms with Crippen LogP contribution in [-0.2, 0) is 46.5 Å². The van der Waals surface area contributed by atoms with E-state index in [9.17, 15) is 27.6 Å². The minimum absolute atomic E-state index is 0.0316. The molecule has 6 atom stereocenters. The smallest absolute Gasteiger partial charge is 0.437 e. The van der Waals surface area contributed by atoms with Crippen LogP contribution in [0.15, 0.2) is 30.4 Å². The number of aromatic nitrogens is 1. The molecule has 20 heteroatoms. The van der Waals surface area contributed by atoms with Crippen LogP contribution in [0, 0.1) is 11.8 Å². The molecule has 6 unspecified atom stereocenters. The van der Waals surface area contributed by atoms with Crippen molar-refractivity contribution in [2.24, 2.45) is 11.8 Å². The highest BCUT2D eigenvalue weighted by atomic mass is 32.2. The molecule has 6 aliphatic rings. The molecule has 2 saturated heterocycles. The van der Waals surface area contributed by atoms with Gasteiger partial charge in [0.15, 0.2) is 11.4 Å². The minimum atomic E-state index is -4.95. The molecule has 0 bridgehead atoms. The minimum Gasteiger partial charge on any atom is -0.492 e. The van der Waals surface area contributed by atoms with Gasteiger partial charge in [0, 0.05) is 42.9 Å². The summed E-state index contributed by atoms with van der Waals surface area (Å²) < 4.78 is 96.3. The van der Waals surface area contributed by atoms with Gasteiger partial charge >= 0.3 is 12.3 Å². The Bertz CT molecular complexity index is 2360. The molecule has 16 nitrogen and oxygen atoms in total. The van der Waals surface area contributed by atoms with Crippen molar-refractivity contribution in [2.75, 3.05) is 46.0 Å². The fourth-order valence-electron chi connectivity index (χ4n) is 9.39. The van der Waals surface area contributed by atoms with E-state index in [4.69, 9.17) is 18.9 Å². The van der Waals surface area contributed by atoms with Gasteiger partial charge in [-0.05, 0) is 89.3 Å². The van der Waals surface area contributed by atoms with Crippen molar-refractivity contribution in [2.45, 2.75) is 139 Å². The number of nitrogens with one attached hydrogen (secondary N) is 3. The molecule has 0 radical (unpaired) electrons. The molecule has 66 heavy (non-hydrogen) atoms. The van der Waals surface area contributed by atoms with Crippen molar-refractivity contribution in [3.63, 3.8) is 0 Å². The van der Waals surface area contributed by atoms with E-state index in [0.717, 1.165) is 13.1 Å². The van der Waals surface area contributed by atoms with E-state index in [-0.39, 0.29) is 55.6 Å². The number of carbonyl (C=O) groups excluding carboxylic acids is 4. The number of sulfonamides is 1. The first-order valence-corrected chi connectivity index (χ1v) is 24.7. The molecule has 5 heterocycles. The summed E-state index contributed by atoms with van der Waals surface area (Å²) in [6.45, 7) is 10.4. The van der Waals surface area contributed by atoms with Crippen LogP contribution < -0.4 is 24.8 Å². The van der Waals surface area contributed by atoms with Gasteiger partial charge in [0.2, 0.25) is 21.8 Å². The lowest BCUT2D eigenvalue weighted by molar-refractivity contribution is -0.144. The van der Waals surface area contributed by atoms with Gasteiger partial charge in [0.05, 0.1) is 30.0 Å². The maximum atomic E-state index is 15.0. The standard InChI is InChI=1S/C46H61F3N6O10S/c1-28(2)29(3)64-42(59)51-35-11-9-7-5-6-8-10-30-25-45(30,41(58)53-66(60,61)43(4)16-17-43)52-39(56)36-26-44(27-55(36)40(35)57)15-14-32-33-24-31(63-23-20-54-18-21-62-22-19-54)12-13-34(33)50-38(37(32)65-44)46(47,48)49/h8,10,12-13,24,28-30,35-36H,5-7,9,11,14-23,25-27H2,1-4H3,(H,51,59)(H,52,56)(H,53,58). The number of halogens is 3. The normalized spacial score (nSPS) is 28.5. The Labute approximate surface area is 383 Å². The average Bonchev–Trinajstić information content (AvgIpc) is 4.16. The van der Waals surface area contributed by atoms with Crippen molar-refractivity contribution in [1.29, 1.82) is 0 Å². The Morgan fingerprint density at radius 2 is 1.82 bits per heavy atom. The number of benzene rings is 1. The molecule has 2 aromatic rings. The van der Waals surface area contributed by atoms with Crippen molar-refractivity contribution >= 4 is 44.7 Å². The predicted octanol–water partition coefficient (Wildman–Crippen LogP) is 5.16. The van der Waals surface area contributed by atoms with Crippen LogP contribution >= 0.6 is 0 Å². The van der Waals surface area contributed by atoms with Gasteiger partial charge in [-0.2, -0.15) is 13.2 Å². The second-order valence-corrected chi connectivity index (χ2v) is 21.7. The molecular formula is C46H61F3N6O10S. The highest BCUT2D eigenvalue weighted by Gasteiger charge is 2.64. The molecule has 1 spiro atoms. The Balaban J connectivity index is 1.13. The van der Waals surface area contributed by atoms with E-state index in [2.05, 4.69) is 25.2 Å². The number of fused-ring (bicyclic) bond motifs is 5. The Morgan fingerprint density at radius 3 is 2.53 bits per heavy atom. The Kier molecular flexibility index (Phi) is 13.3. The highest BCUT2D eigenvalue weighted by molar-refractivity contribution is 7.91. The largest absolute Gasteiger partial charge is 0.492 e. The number of rotatable bonds is 10. The first-order valence-electron chi connectivity index (χ1n) is 23.2. The number of pyridine rings is 1. The number of morpholine rings is 1. The van der Waals surface area contributed by atoms with Crippen LogP contribution in [0.2, 0.25) is 0 Å². The van der Waals surface area contributed by atoms with E-state index in [1.54, 1.807) is 25.1 Å². The van der Waals surface area contributed by atoms with Crippen molar-refractivity contribution in [3.8, 4) is 11.5 Å². The van der Waals surface area contributed by atoms with Crippen molar-refractivity contribution < 1.29 is 59.7 Å². The molecule has 2 aliphatic carbocycles. The van der Waals surface area contributed by atoms with E-state index in [1.807, 2.05) is 19.9 Å². The Morgan fingerprint density at radius 1 is 1.06 bits per heavy atom. The molecule has 362 valence electrons.